The molecule has 0 spiro atoms. The maximum absolute atomic E-state index is 13.0. The van der Waals surface area contributed by atoms with Crippen LogP contribution in [0.3, 0.4) is 0 Å². The van der Waals surface area contributed by atoms with E-state index in [1.165, 1.54) is 7.05 Å². The molecule has 0 bridgehead atoms. The number of carbonyl (C=O) groups excluding carboxylic acids is 1. The van der Waals surface area contributed by atoms with Gasteiger partial charge in [0.1, 0.15) is 11.9 Å². The molecule has 1 heterocycles. The van der Waals surface area contributed by atoms with Gasteiger partial charge in [0, 0.05) is 26.0 Å². The molecule has 1 atom stereocenters. The molecule has 7 nitrogen and oxygen atoms in total. The molecule has 0 aliphatic carbocycles. The van der Waals surface area contributed by atoms with Crippen molar-refractivity contribution in [2.45, 2.75) is 19.5 Å². The first-order chi connectivity index (χ1) is 13.8. The Hall–Kier alpha value is -2.97. The van der Waals surface area contributed by atoms with Gasteiger partial charge in [-0.1, -0.05) is 48.5 Å². The Morgan fingerprint density at radius 3 is 2.41 bits per heavy atom. The minimum absolute atomic E-state index is 0.258. The number of nitrogens with one attached hydrogen (secondary N) is 1. The third kappa shape index (κ3) is 4.72. The number of benzene rings is 2. The van der Waals surface area contributed by atoms with Crippen LogP contribution in [0.2, 0.25) is 0 Å². The van der Waals surface area contributed by atoms with Crippen LogP contribution in [0.25, 0.3) is 5.69 Å². The highest BCUT2D eigenvalue weighted by Crippen LogP contribution is 2.23. The highest BCUT2D eigenvalue weighted by atomic mass is 32.2. The van der Waals surface area contributed by atoms with Crippen molar-refractivity contribution >= 4 is 15.9 Å². The fourth-order valence-electron chi connectivity index (χ4n) is 3.16. The van der Waals surface area contributed by atoms with Crippen LogP contribution >= 0.6 is 0 Å². The third-order valence-electron chi connectivity index (χ3n) is 4.78. The highest BCUT2D eigenvalue weighted by Gasteiger charge is 2.30. The Morgan fingerprint density at radius 2 is 1.79 bits per heavy atom. The smallest absolute Gasteiger partial charge is 0.243 e. The molecule has 29 heavy (non-hydrogen) atoms. The van der Waals surface area contributed by atoms with Crippen molar-refractivity contribution < 1.29 is 13.2 Å². The molecule has 0 aliphatic rings. The zero-order valence-electron chi connectivity index (χ0n) is 16.6. The van der Waals surface area contributed by atoms with Gasteiger partial charge in [0.15, 0.2) is 0 Å². The SMILES string of the molecule is Cc1nccn1-c1ccccc1CNC(=O)C(c1ccccc1)N(C)S(C)(=O)=O. The van der Waals surface area contributed by atoms with Crippen molar-refractivity contribution in [3.63, 3.8) is 0 Å². The molecule has 3 aromatic rings. The van der Waals surface area contributed by atoms with E-state index in [2.05, 4.69) is 10.3 Å². The van der Waals surface area contributed by atoms with Gasteiger partial charge in [-0.25, -0.2) is 13.4 Å². The summed E-state index contributed by atoms with van der Waals surface area (Å²) in [6, 6.07) is 15.6. The van der Waals surface area contributed by atoms with Crippen LogP contribution in [-0.2, 0) is 21.4 Å². The molecule has 1 unspecified atom stereocenters. The lowest BCUT2D eigenvalue weighted by Gasteiger charge is -2.26. The van der Waals surface area contributed by atoms with E-state index in [0.717, 1.165) is 27.6 Å². The van der Waals surface area contributed by atoms with Crippen LogP contribution in [-0.4, -0.2) is 41.5 Å². The summed E-state index contributed by atoms with van der Waals surface area (Å²) in [5, 5.41) is 2.89. The molecule has 8 heteroatoms. The fraction of sp³-hybridized carbons (Fsp3) is 0.238. The second kappa shape index (κ2) is 8.59. The second-order valence-electron chi connectivity index (χ2n) is 6.78. The van der Waals surface area contributed by atoms with Crippen molar-refractivity contribution in [1.82, 2.24) is 19.2 Å². The maximum atomic E-state index is 13.0. The number of hydrogen-bond acceptors (Lipinski definition) is 4. The van der Waals surface area contributed by atoms with Gasteiger partial charge >= 0.3 is 0 Å². The first-order valence-corrected chi connectivity index (χ1v) is 11.0. The molecule has 1 amide bonds. The Balaban J connectivity index is 1.86. The molecular formula is C21H24N4O3S. The zero-order chi connectivity index (χ0) is 21.0. The third-order valence-corrected chi connectivity index (χ3v) is 6.04. The Kier molecular flexibility index (Phi) is 6.14. The first-order valence-electron chi connectivity index (χ1n) is 9.13. The van der Waals surface area contributed by atoms with E-state index in [1.807, 2.05) is 48.0 Å². The van der Waals surface area contributed by atoms with Gasteiger partial charge < -0.3 is 9.88 Å². The average Bonchev–Trinajstić information content (AvgIpc) is 3.12. The number of carbonyl (C=O) groups is 1. The number of hydrogen-bond donors (Lipinski definition) is 1. The minimum atomic E-state index is -3.57. The summed E-state index contributed by atoms with van der Waals surface area (Å²) in [5.41, 5.74) is 2.42. The summed E-state index contributed by atoms with van der Waals surface area (Å²) in [4.78, 5) is 17.3. The van der Waals surface area contributed by atoms with Crippen molar-refractivity contribution in [2.24, 2.45) is 0 Å². The normalized spacial score (nSPS) is 12.7. The van der Waals surface area contributed by atoms with Crippen LogP contribution in [0.1, 0.15) is 23.0 Å². The van der Waals surface area contributed by atoms with Crippen LogP contribution in [0.5, 0.6) is 0 Å². The number of likely N-dealkylation sites (N-methyl/N-ethyl adjacent to an activating group) is 1. The molecule has 1 aromatic heterocycles. The molecule has 0 saturated heterocycles. The van der Waals surface area contributed by atoms with Crippen LogP contribution in [0.4, 0.5) is 0 Å². The monoisotopic (exact) mass is 412 g/mol. The molecule has 1 N–H and O–H groups in total. The van der Waals surface area contributed by atoms with Gasteiger partial charge in [-0.3, -0.25) is 4.79 Å². The fourth-order valence-corrected chi connectivity index (χ4v) is 3.76. The first kappa shape index (κ1) is 20.8. The molecule has 2 aromatic carbocycles. The molecule has 0 fully saturated rings. The number of aryl methyl sites for hydroxylation is 1. The second-order valence-corrected chi connectivity index (χ2v) is 8.83. The van der Waals surface area contributed by atoms with E-state index in [1.54, 1.807) is 30.5 Å². The van der Waals surface area contributed by atoms with Crippen molar-refractivity contribution in [3.05, 3.63) is 83.9 Å². The van der Waals surface area contributed by atoms with Crippen molar-refractivity contribution in [1.29, 1.82) is 0 Å². The van der Waals surface area contributed by atoms with Crippen LogP contribution < -0.4 is 5.32 Å². The average molecular weight is 413 g/mol. The van der Waals surface area contributed by atoms with Gasteiger partial charge in [-0.05, 0) is 24.1 Å². The topological polar surface area (TPSA) is 84.3 Å². The van der Waals surface area contributed by atoms with E-state index in [-0.39, 0.29) is 12.5 Å². The molecule has 3 rings (SSSR count). The summed E-state index contributed by atoms with van der Waals surface area (Å²) in [6.45, 7) is 2.16. The lowest BCUT2D eigenvalue weighted by molar-refractivity contribution is -0.124. The van der Waals surface area contributed by atoms with E-state index in [4.69, 9.17) is 0 Å². The molecular weight excluding hydrogens is 388 g/mol. The van der Waals surface area contributed by atoms with Crippen molar-refractivity contribution in [3.8, 4) is 5.69 Å². The van der Waals surface area contributed by atoms with Gasteiger partial charge in [0.05, 0.1) is 11.9 Å². The number of aromatic nitrogens is 2. The van der Waals surface area contributed by atoms with Gasteiger partial charge in [-0.15, -0.1) is 0 Å². The highest BCUT2D eigenvalue weighted by molar-refractivity contribution is 7.88. The summed E-state index contributed by atoms with van der Waals surface area (Å²) in [7, 11) is -2.16. The number of imidazole rings is 1. The quantitative estimate of drug-likeness (QED) is 0.646. The molecule has 0 saturated carbocycles. The van der Waals surface area contributed by atoms with Crippen molar-refractivity contribution in [2.75, 3.05) is 13.3 Å². The Bertz CT molecular complexity index is 1090. The predicted octanol–water partition coefficient (Wildman–Crippen LogP) is 2.43. The van der Waals surface area contributed by atoms with Gasteiger partial charge in [-0.2, -0.15) is 4.31 Å². The maximum Gasteiger partial charge on any atom is 0.243 e. The summed E-state index contributed by atoms with van der Waals surface area (Å²) >= 11 is 0. The largest absolute Gasteiger partial charge is 0.350 e. The number of sulfonamides is 1. The Labute approximate surface area is 171 Å². The van der Waals surface area contributed by atoms with E-state index in [0.29, 0.717) is 5.56 Å². The van der Waals surface area contributed by atoms with Gasteiger partial charge in [0.2, 0.25) is 15.9 Å². The number of para-hydroxylation sites is 1. The standard InChI is InChI=1S/C21H24N4O3S/c1-16-22-13-14-25(16)19-12-8-7-11-18(19)15-23-21(26)20(24(2)29(3,27)28)17-9-5-4-6-10-17/h4-14,20H,15H2,1-3H3,(H,23,26). The molecule has 0 aliphatic heterocycles. The Morgan fingerprint density at radius 1 is 1.14 bits per heavy atom. The van der Waals surface area contributed by atoms with Crippen LogP contribution in [0, 0.1) is 6.92 Å². The van der Waals surface area contributed by atoms with E-state index >= 15 is 0 Å². The number of amides is 1. The zero-order valence-corrected chi connectivity index (χ0v) is 17.4. The minimum Gasteiger partial charge on any atom is -0.350 e. The van der Waals surface area contributed by atoms with E-state index in [9.17, 15) is 13.2 Å². The summed E-state index contributed by atoms with van der Waals surface area (Å²) < 4.78 is 27.2. The number of rotatable bonds is 7. The summed E-state index contributed by atoms with van der Waals surface area (Å²) in [6.07, 6.45) is 4.67. The van der Waals surface area contributed by atoms with Crippen LogP contribution in [0.15, 0.2) is 67.0 Å². The lowest BCUT2D eigenvalue weighted by atomic mass is 10.1. The lowest BCUT2D eigenvalue weighted by Crippen LogP contribution is -2.41. The number of nitrogens with zero attached hydrogens (tertiary/aromatic N) is 3. The summed E-state index contributed by atoms with van der Waals surface area (Å²) in [5.74, 6) is 0.448. The predicted molar refractivity (Wildman–Crippen MR) is 112 cm³/mol. The molecule has 0 radical (unpaired) electrons. The van der Waals surface area contributed by atoms with E-state index < -0.39 is 16.1 Å². The molecule has 152 valence electrons. The van der Waals surface area contributed by atoms with Gasteiger partial charge in [0.25, 0.3) is 0 Å².